The van der Waals surface area contributed by atoms with Gasteiger partial charge in [-0.05, 0) is 23.9 Å². The minimum absolute atomic E-state index is 0.00241. The van der Waals surface area contributed by atoms with Crippen LogP contribution in [-0.2, 0) is 6.54 Å². The summed E-state index contributed by atoms with van der Waals surface area (Å²) in [4.78, 5) is 12.9. The van der Waals surface area contributed by atoms with Gasteiger partial charge < -0.3 is 5.32 Å². The van der Waals surface area contributed by atoms with Crippen molar-refractivity contribution in [2.75, 3.05) is 0 Å². The van der Waals surface area contributed by atoms with Gasteiger partial charge in [0.2, 0.25) is 0 Å². The molecule has 1 aromatic carbocycles. The van der Waals surface area contributed by atoms with E-state index < -0.39 is 0 Å². The topological polar surface area (TPSA) is 29.1 Å². The zero-order chi connectivity index (χ0) is 11.4. The first-order valence-electron chi connectivity index (χ1n) is 5.13. The number of benzene rings is 1. The summed E-state index contributed by atoms with van der Waals surface area (Å²) in [6.07, 6.45) is 0. The minimum Gasteiger partial charge on any atom is -0.348 e. The fourth-order valence-electron chi connectivity index (χ4n) is 1.49. The summed E-state index contributed by atoms with van der Waals surface area (Å²) in [5.74, 6) is 0.00241. The minimum atomic E-state index is 0.00241. The van der Waals surface area contributed by atoms with Crippen molar-refractivity contribution in [1.82, 2.24) is 5.32 Å². The molecule has 2 aromatic rings. The summed E-state index contributed by atoms with van der Waals surface area (Å²) < 4.78 is 0. The predicted molar refractivity (Wildman–Crippen MR) is 66.7 cm³/mol. The second kappa shape index (κ2) is 4.94. The summed E-state index contributed by atoms with van der Waals surface area (Å²) in [7, 11) is 0. The van der Waals surface area contributed by atoms with Crippen molar-refractivity contribution in [2.24, 2.45) is 0 Å². The van der Waals surface area contributed by atoms with E-state index in [2.05, 4.69) is 5.32 Å². The lowest BCUT2D eigenvalue weighted by molar-refractivity contribution is 0.0951. The number of carbonyl (C=O) groups excluding carboxylic acids is 1. The van der Waals surface area contributed by atoms with Crippen molar-refractivity contribution in [3.05, 3.63) is 57.8 Å². The molecule has 0 aliphatic heterocycles. The molecule has 1 N–H and O–H groups in total. The zero-order valence-corrected chi connectivity index (χ0v) is 9.88. The number of rotatable bonds is 3. The number of carbonyl (C=O) groups is 1. The average molecular weight is 231 g/mol. The first-order valence-corrected chi connectivity index (χ1v) is 6.01. The second-order valence-electron chi connectivity index (χ2n) is 3.56. The standard InChI is InChI=1S/C13H13NOS/c1-10-12(7-8-16-10)13(15)14-9-11-5-3-2-4-6-11/h2-8H,9H2,1H3,(H,14,15). The van der Waals surface area contributed by atoms with Crippen LogP contribution >= 0.6 is 11.3 Å². The van der Waals surface area contributed by atoms with Gasteiger partial charge in [-0.15, -0.1) is 11.3 Å². The van der Waals surface area contributed by atoms with Crippen molar-refractivity contribution < 1.29 is 4.79 Å². The smallest absolute Gasteiger partial charge is 0.252 e. The van der Waals surface area contributed by atoms with Crippen LogP contribution in [0.25, 0.3) is 0 Å². The molecule has 0 aliphatic carbocycles. The first kappa shape index (κ1) is 10.9. The molecule has 0 aliphatic rings. The van der Waals surface area contributed by atoms with Crippen LogP contribution in [-0.4, -0.2) is 5.91 Å². The molecule has 0 radical (unpaired) electrons. The van der Waals surface area contributed by atoms with Gasteiger partial charge in [0.05, 0.1) is 5.56 Å². The van der Waals surface area contributed by atoms with Crippen LogP contribution in [0, 0.1) is 6.92 Å². The molecule has 1 amide bonds. The molecule has 0 saturated carbocycles. The number of amides is 1. The molecule has 0 saturated heterocycles. The molecule has 1 aromatic heterocycles. The van der Waals surface area contributed by atoms with E-state index in [-0.39, 0.29) is 5.91 Å². The highest BCUT2D eigenvalue weighted by Gasteiger charge is 2.08. The van der Waals surface area contributed by atoms with E-state index in [0.29, 0.717) is 6.54 Å². The molecule has 2 nitrogen and oxygen atoms in total. The van der Waals surface area contributed by atoms with Crippen molar-refractivity contribution in [3.8, 4) is 0 Å². The van der Waals surface area contributed by atoms with Crippen LogP contribution in [0.4, 0.5) is 0 Å². The molecule has 0 fully saturated rings. The summed E-state index contributed by atoms with van der Waals surface area (Å²) in [6.45, 7) is 2.54. The van der Waals surface area contributed by atoms with Crippen LogP contribution < -0.4 is 5.32 Å². The third kappa shape index (κ3) is 2.49. The van der Waals surface area contributed by atoms with Gasteiger partial charge in [0.1, 0.15) is 0 Å². The maximum absolute atomic E-state index is 11.8. The van der Waals surface area contributed by atoms with Gasteiger partial charge in [-0.2, -0.15) is 0 Å². The Bertz CT molecular complexity index is 476. The largest absolute Gasteiger partial charge is 0.348 e. The molecule has 0 atom stereocenters. The lowest BCUT2D eigenvalue weighted by Gasteiger charge is -2.04. The molecule has 2 rings (SSSR count). The van der Waals surface area contributed by atoms with Crippen molar-refractivity contribution in [2.45, 2.75) is 13.5 Å². The second-order valence-corrected chi connectivity index (χ2v) is 4.68. The number of hydrogen-bond donors (Lipinski definition) is 1. The Morgan fingerprint density at radius 1 is 1.25 bits per heavy atom. The Morgan fingerprint density at radius 3 is 2.62 bits per heavy atom. The molecule has 16 heavy (non-hydrogen) atoms. The molecular formula is C13H13NOS. The molecule has 0 unspecified atom stereocenters. The highest BCUT2D eigenvalue weighted by atomic mass is 32.1. The zero-order valence-electron chi connectivity index (χ0n) is 9.07. The Morgan fingerprint density at radius 2 is 2.00 bits per heavy atom. The predicted octanol–water partition coefficient (Wildman–Crippen LogP) is 2.99. The monoisotopic (exact) mass is 231 g/mol. The summed E-state index contributed by atoms with van der Waals surface area (Å²) in [5, 5.41) is 4.85. The van der Waals surface area contributed by atoms with E-state index in [0.717, 1.165) is 16.0 Å². The highest BCUT2D eigenvalue weighted by Crippen LogP contribution is 2.14. The average Bonchev–Trinajstić information content (AvgIpc) is 2.74. The number of aryl methyl sites for hydroxylation is 1. The number of thiophene rings is 1. The van der Waals surface area contributed by atoms with Crippen molar-refractivity contribution in [3.63, 3.8) is 0 Å². The summed E-state index contributed by atoms with van der Waals surface area (Å²) in [5.41, 5.74) is 1.89. The summed E-state index contributed by atoms with van der Waals surface area (Å²) >= 11 is 1.59. The Labute approximate surface area is 98.9 Å². The Balaban J connectivity index is 1.97. The van der Waals surface area contributed by atoms with Gasteiger partial charge in [-0.1, -0.05) is 30.3 Å². The fourth-order valence-corrected chi connectivity index (χ4v) is 2.19. The van der Waals surface area contributed by atoms with Crippen LogP contribution in [0.15, 0.2) is 41.8 Å². The van der Waals surface area contributed by atoms with E-state index in [1.807, 2.05) is 48.7 Å². The molecule has 0 spiro atoms. The van der Waals surface area contributed by atoms with Gasteiger partial charge in [0, 0.05) is 11.4 Å². The van der Waals surface area contributed by atoms with Crippen LogP contribution in [0.2, 0.25) is 0 Å². The first-order chi connectivity index (χ1) is 7.77. The SMILES string of the molecule is Cc1sccc1C(=O)NCc1ccccc1. The van der Waals surface area contributed by atoms with E-state index in [1.165, 1.54) is 0 Å². The summed E-state index contributed by atoms with van der Waals surface area (Å²) in [6, 6.07) is 11.8. The quantitative estimate of drug-likeness (QED) is 0.864. The molecule has 3 heteroatoms. The van der Waals surface area contributed by atoms with Crippen molar-refractivity contribution >= 4 is 17.2 Å². The molecule has 82 valence electrons. The number of nitrogens with one attached hydrogen (secondary N) is 1. The van der Waals surface area contributed by atoms with E-state index in [9.17, 15) is 4.79 Å². The van der Waals surface area contributed by atoms with Crippen LogP contribution in [0.1, 0.15) is 20.8 Å². The third-order valence-corrected chi connectivity index (χ3v) is 3.24. The van der Waals surface area contributed by atoms with Gasteiger partial charge >= 0.3 is 0 Å². The normalized spacial score (nSPS) is 10.1. The van der Waals surface area contributed by atoms with Gasteiger partial charge in [0.15, 0.2) is 0 Å². The van der Waals surface area contributed by atoms with Crippen LogP contribution in [0.3, 0.4) is 0 Å². The van der Waals surface area contributed by atoms with Gasteiger partial charge in [-0.3, -0.25) is 4.79 Å². The fraction of sp³-hybridized carbons (Fsp3) is 0.154. The Hall–Kier alpha value is -1.61. The highest BCUT2D eigenvalue weighted by molar-refractivity contribution is 7.10. The lowest BCUT2D eigenvalue weighted by Crippen LogP contribution is -2.22. The molecular weight excluding hydrogens is 218 g/mol. The van der Waals surface area contributed by atoms with Crippen LogP contribution in [0.5, 0.6) is 0 Å². The van der Waals surface area contributed by atoms with Crippen molar-refractivity contribution in [1.29, 1.82) is 0 Å². The maximum atomic E-state index is 11.8. The lowest BCUT2D eigenvalue weighted by atomic mass is 10.2. The van der Waals surface area contributed by atoms with E-state index >= 15 is 0 Å². The Kier molecular flexibility index (Phi) is 3.37. The molecule has 1 heterocycles. The maximum Gasteiger partial charge on any atom is 0.252 e. The number of hydrogen-bond acceptors (Lipinski definition) is 2. The third-order valence-electron chi connectivity index (χ3n) is 2.40. The van der Waals surface area contributed by atoms with E-state index in [1.54, 1.807) is 11.3 Å². The van der Waals surface area contributed by atoms with Gasteiger partial charge in [-0.25, -0.2) is 0 Å². The van der Waals surface area contributed by atoms with E-state index in [4.69, 9.17) is 0 Å². The van der Waals surface area contributed by atoms with Gasteiger partial charge in [0.25, 0.3) is 5.91 Å². The molecule has 0 bridgehead atoms.